The number of rotatable bonds is 5. The maximum atomic E-state index is 13.9. The van der Waals surface area contributed by atoms with E-state index in [4.69, 9.17) is 0 Å². The monoisotopic (exact) mass is 487 g/mol. The quantitative estimate of drug-likeness (QED) is 0.437. The first-order chi connectivity index (χ1) is 17.4. The Hall–Kier alpha value is -4.61. The standard InChI is InChI=1S/C24H25N9O3/c1-15-5-3-11-25-22(15)33(18-6-4-12-32(14-18)24(35)36)23(34)17-9-7-16(8-10-17)19-13-26-31(2)20(19)21-27-29-30-28-21/h3,5,7-11,13,18H,4,6,12,14H2,1-2H3,(H,35,36)(H,27,28,29,30)/t18-/m1/s1. The topological polar surface area (TPSA) is 146 Å². The number of carboxylic acid groups (broad SMARTS) is 1. The van der Waals surface area contributed by atoms with Crippen LogP contribution in [0.15, 0.2) is 48.8 Å². The van der Waals surface area contributed by atoms with Crippen LogP contribution in [0.5, 0.6) is 0 Å². The van der Waals surface area contributed by atoms with Gasteiger partial charge in [0, 0.05) is 37.5 Å². The first-order valence-electron chi connectivity index (χ1n) is 11.5. The maximum Gasteiger partial charge on any atom is 0.407 e. The van der Waals surface area contributed by atoms with E-state index < -0.39 is 6.09 Å². The molecule has 5 rings (SSSR count). The Kier molecular flexibility index (Phi) is 6.15. The van der Waals surface area contributed by atoms with Gasteiger partial charge in [-0.15, -0.1) is 10.2 Å². The molecule has 4 aromatic rings. The average molecular weight is 488 g/mol. The SMILES string of the molecule is Cc1cccnc1N(C(=O)c1ccc(-c2cnn(C)c2-c2nn[nH]n2)cc1)[C@@H]1CCCN(C(=O)O)C1. The number of aromatic nitrogens is 7. The number of tetrazole rings is 1. The summed E-state index contributed by atoms with van der Waals surface area (Å²) in [6.45, 7) is 2.59. The lowest BCUT2D eigenvalue weighted by molar-refractivity contribution is 0.0941. The summed E-state index contributed by atoms with van der Waals surface area (Å²) in [7, 11) is 1.80. The van der Waals surface area contributed by atoms with Crippen LogP contribution in [0.4, 0.5) is 10.6 Å². The number of aromatic amines is 1. The van der Waals surface area contributed by atoms with Gasteiger partial charge in [-0.3, -0.25) is 14.4 Å². The number of carbonyl (C=O) groups is 2. The molecule has 2 N–H and O–H groups in total. The normalized spacial score (nSPS) is 15.6. The molecule has 1 fully saturated rings. The van der Waals surface area contributed by atoms with Crippen molar-refractivity contribution in [3.8, 4) is 22.6 Å². The second-order valence-corrected chi connectivity index (χ2v) is 8.69. The van der Waals surface area contributed by atoms with E-state index in [1.165, 1.54) is 4.90 Å². The number of amides is 2. The lowest BCUT2D eigenvalue weighted by Crippen LogP contribution is -2.52. The number of hydrogen-bond donors (Lipinski definition) is 2. The molecule has 12 nitrogen and oxygen atoms in total. The Labute approximate surface area is 206 Å². The van der Waals surface area contributed by atoms with Gasteiger partial charge in [0.25, 0.3) is 5.91 Å². The first kappa shape index (κ1) is 23.1. The second kappa shape index (κ2) is 9.56. The molecule has 12 heteroatoms. The van der Waals surface area contributed by atoms with Crippen molar-refractivity contribution in [3.05, 3.63) is 59.9 Å². The number of nitrogens with one attached hydrogen (secondary N) is 1. The van der Waals surface area contributed by atoms with Gasteiger partial charge in [-0.1, -0.05) is 18.2 Å². The summed E-state index contributed by atoms with van der Waals surface area (Å²) in [5.74, 6) is 0.725. The van der Waals surface area contributed by atoms with Gasteiger partial charge in [-0.2, -0.15) is 10.3 Å². The van der Waals surface area contributed by atoms with Crippen LogP contribution in [0.2, 0.25) is 0 Å². The molecule has 0 saturated carbocycles. The van der Waals surface area contributed by atoms with E-state index in [1.807, 2.05) is 31.2 Å². The Morgan fingerprint density at radius 2 is 2.00 bits per heavy atom. The summed E-state index contributed by atoms with van der Waals surface area (Å²) in [4.78, 5) is 33.0. The van der Waals surface area contributed by atoms with Crippen molar-refractivity contribution in [2.45, 2.75) is 25.8 Å². The van der Waals surface area contributed by atoms with E-state index in [-0.39, 0.29) is 18.5 Å². The van der Waals surface area contributed by atoms with Crippen molar-refractivity contribution in [2.75, 3.05) is 18.0 Å². The second-order valence-electron chi connectivity index (χ2n) is 8.69. The van der Waals surface area contributed by atoms with Crippen molar-refractivity contribution in [3.63, 3.8) is 0 Å². The van der Waals surface area contributed by atoms with E-state index in [0.29, 0.717) is 42.3 Å². The fourth-order valence-electron chi connectivity index (χ4n) is 4.61. The Balaban J connectivity index is 1.48. The van der Waals surface area contributed by atoms with E-state index in [9.17, 15) is 14.7 Å². The van der Waals surface area contributed by atoms with Gasteiger partial charge < -0.3 is 10.0 Å². The van der Waals surface area contributed by atoms with Gasteiger partial charge >= 0.3 is 6.09 Å². The van der Waals surface area contributed by atoms with Crippen LogP contribution in [0, 0.1) is 6.92 Å². The molecule has 184 valence electrons. The fraction of sp³-hybridized carbons (Fsp3) is 0.292. The minimum absolute atomic E-state index is 0.231. The van der Waals surface area contributed by atoms with Crippen LogP contribution in [0.1, 0.15) is 28.8 Å². The molecule has 1 saturated heterocycles. The average Bonchev–Trinajstić information content (AvgIpc) is 3.55. The van der Waals surface area contributed by atoms with Gasteiger partial charge in [0.15, 0.2) is 0 Å². The highest BCUT2D eigenvalue weighted by Crippen LogP contribution is 2.31. The molecule has 0 bridgehead atoms. The molecule has 36 heavy (non-hydrogen) atoms. The molecule has 1 aromatic carbocycles. The molecule has 1 atom stereocenters. The highest BCUT2D eigenvalue weighted by Gasteiger charge is 2.33. The fourth-order valence-corrected chi connectivity index (χ4v) is 4.61. The zero-order valence-corrected chi connectivity index (χ0v) is 19.9. The van der Waals surface area contributed by atoms with Gasteiger partial charge in [0.05, 0.1) is 12.2 Å². The molecule has 0 aliphatic carbocycles. The number of piperidine rings is 1. The largest absolute Gasteiger partial charge is 0.465 e. The predicted octanol–water partition coefficient (Wildman–Crippen LogP) is 2.76. The van der Waals surface area contributed by atoms with Crippen LogP contribution in [0.3, 0.4) is 0 Å². The summed E-state index contributed by atoms with van der Waals surface area (Å²) in [6, 6.07) is 10.6. The third-order valence-electron chi connectivity index (χ3n) is 6.40. The van der Waals surface area contributed by atoms with Crippen LogP contribution in [0.25, 0.3) is 22.6 Å². The van der Waals surface area contributed by atoms with Gasteiger partial charge in [-0.25, -0.2) is 9.78 Å². The van der Waals surface area contributed by atoms with Crippen LogP contribution < -0.4 is 4.90 Å². The Morgan fingerprint density at radius 1 is 1.19 bits per heavy atom. The van der Waals surface area contributed by atoms with Gasteiger partial charge in [0.1, 0.15) is 11.5 Å². The smallest absolute Gasteiger partial charge is 0.407 e. The van der Waals surface area contributed by atoms with E-state index in [0.717, 1.165) is 16.7 Å². The summed E-state index contributed by atoms with van der Waals surface area (Å²) in [5, 5.41) is 28.1. The number of nitrogens with zero attached hydrogens (tertiary/aromatic N) is 8. The molecule has 1 aliphatic rings. The third-order valence-corrected chi connectivity index (χ3v) is 6.40. The Bertz CT molecular complexity index is 1380. The molecule has 1 aliphatic heterocycles. The van der Waals surface area contributed by atoms with Crippen LogP contribution >= 0.6 is 0 Å². The van der Waals surface area contributed by atoms with Crippen molar-refractivity contribution in [1.29, 1.82) is 0 Å². The van der Waals surface area contributed by atoms with Crippen molar-refractivity contribution in [2.24, 2.45) is 7.05 Å². The minimum Gasteiger partial charge on any atom is -0.465 e. The highest BCUT2D eigenvalue weighted by molar-refractivity contribution is 6.06. The third kappa shape index (κ3) is 4.28. The number of hydrogen-bond acceptors (Lipinski definition) is 7. The van der Waals surface area contributed by atoms with Gasteiger partial charge in [0.2, 0.25) is 5.82 Å². The lowest BCUT2D eigenvalue weighted by atomic mass is 10.0. The highest BCUT2D eigenvalue weighted by atomic mass is 16.4. The summed E-state index contributed by atoms with van der Waals surface area (Å²) in [6.07, 6.45) is 3.74. The molecule has 0 unspecified atom stereocenters. The van der Waals surface area contributed by atoms with Crippen molar-refractivity contribution < 1.29 is 14.7 Å². The number of benzene rings is 1. The van der Waals surface area contributed by atoms with Crippen molar-refractivity contribution >= 4 is 17.8 Å². The summed E-state index contributed by atoms with van der Waals surface area (Å²) in [5.41, 5.74) is 3.66. The van der Waals surface area contributed by atoms with Crippen molar-refractivity contribution in [1.82, 2.24) is 40.3 Å². The van der Waals surface area contributed by atoms with Gasteiger partial charge in [-0.05, 0) is 54.3 Å². The molecular formula is C24H25N9O3. The molecule has 3 aromatic heterocycles. The number of carbonyl (C=O) groups excluding carboxylic acids is 1. The molecule has 0 radical (unpaired) electrons. The zero-order valence-electron chi connectivity index (χ0n) is 19.9. The van der Waals surface area contributed by atoms with E-state index >= 15 is 0 Å². The molecule has 0 spiro atoms. The maximum absolute atomic E-state index is 13.9. The predicted molar refractivity (Wildman–Crippen MR) is 130 cm³/mol. The van der Waals surface area contributed by atoms with Crippen LogP contribution in [-0.2, 0) is 7.05 Å². The number of likely N-dealkylation sites (tertiary alicyclic amines) is 1. The molecule has 4 heterocycles. The number of anilines is 1. The Morgan fingerprint density at radius 3 is 2.69 bits per heavy atom. The first-order valence-corrected chi connectivity index (χ1v) is 11.5. The molecule has 2 amide bonds. The van der Waals surface area contributed by atoms with E-state index in [1.54, 1.807) is 41.2 Å². The zero-order chi connectivity index (χ0) is 25.2. The summed E-state index contributed by atoms with van der Waals surface area (Å²) >= 11 is 0. The number of pyridine rings is 1. The minimum atomic E-state index is -0.983. The molecular weight excluding hydrogens is 462 g/mol. The number of aryl methyl sites for hydroxylation is 2. The summed E-state index contributed by atoms with van der Waals surface area (Å²) < 4.78 is 1.67. The van der Waals surface area contributed by atoms with E-state index in [2.05, 4.69) is 30.7 Å². The lowest BCUT2D eigenvalue weighted by Gasteiger charge is -2.38. The van der Waals surface area contributed by atoms with Crippen LogP contribution in [-0.4, -0.2) is 76.5 Å². The number of H-pyrrole nitrogens is 1.